The normalized spacial score (nSPS) is 19.8. The molecule has 1 heterocycles. The van der Waals surface area contributed by atoms with Crippen LogP contribution in [0.1, 0.15) is 104 Å². The Morgan fingerprint density at radius 3 is 2.14 bits per heavy atom. The van der Waals surface area contributed by atoms with Gasteiger partial charge in [-0.15, -0.1) is 0 Å². The van der Waals surface area contributed by atoms with Crippen molar-refractivity contribution in [2.75, 3.05) is 6.54 Å². The quantitative estimate of drug-likeness (QED) is 0.164. The average Bonchev–Trinajstić information content (AvgIpc) is 3.08. The Kier molecular flexibility index (Phi) is 13.6. The molecule has 2 atom stereocenters. The van der Waals surface area contributed by atoms with Crippen molar-refractivity contribution >= 4 is 11.8 Å². The van der Waals surface area contributed by atoms with Gasteiger partial charge in [-0.1, -0.05) is 83.3 Å². The van der Waals surface area contributed by atoms with E-state index in [1.807, 2.05) is 13.1 Å². The summed E-state index contributed by atoms with van der Waals surface area (Å²) in [4.78, 5) is 15.6. The topological polar surface area (TPSA) is 75.7 Å². The highest BCUT2D eigenvalue weighted by Crippen LogP contribution is 2.22. The highest BCUT2D eigenvalue weighted by molar-refractivity contribution is 5.81. The van der Waals surface area contributed by atoms with Gasteiger partial charge in [-0.05, 0) is 19.3 Å². The molecule has 0 saturated carbocycles. The van der Waals surface area contributed by atoms with E-state index in [-0.39, 0.29) is 17.2 Å². The number of unbranched alkanes of at least 4 members (excludes halogenated alkanes) is 11. The summed E-state index contributed by atoms with van der Waals surface area (Å²) >= 11 is 0. The number of carbonyl (C=O) groups is 1. The molecule has 1 rings (SSSR count). The van der Waals surface area contributed by atoms with E-state index in [1.54, 1.807) is 6.20 Å². The van der Waals surface area contributed by atoms with Crippen molar-refractivity contribution in [2.45, 2.75) is 110 Å². The van der Waals surface area contributed by atoms with Gasteiger partial charge in [0.15, 0.2) is 6.54 Å². The third-order valence-corrected chi connectivity index (χ3v) is 5.84. The lowest BCUT2D eigenvalue weighted by molar-refractivity contribution is -0.805. The number of amidine groups is 1. The second kappa shape index (κ2) is 15.4. The molecule has 2 unspecified atom stereocenters. The van der Waals surface area contributed by atoms with Gasteiger partial charge in [0.25, 0.3) is 0 Å². The molecule has 0 aromatic rings. The minimum Gasteiger partial charge on any atom is -0.477 e. The zero-order valence-corrected chi connectivity index (χ0v) is 18.8. The molecule has 0 aromatic heterocycles. The van der Waals surface area contributed by atoms with Crippen molar-refractivity contribution < 1.29 is 14.4 Å². The number of rotatable bonds is 18. The number of carboxylic acids is 1. The molecule has 5 heteroatoms. The molecule has 0 aromatic carbocycles. The first kappa shape index (κ1) is 25.6. The number of aliphatic carboxylic acids is 1. The minimum atomic E-state index is -0.853. The van der Waals surface area contributed by atoms with Gasteiger partial charge in [-0.2, -0.15) is 0 Å². The monoisotopic (exact) mass is 406 g/mol. The van der Waals surface area contributed by atoms with Crippen LogP contribution in [0.15, 0.2) is 29.5 Å². The molecular weight excluding hydrogens is 362 g/mol. The Morgan fingerprint density at radius 2 is 1.59 bits per heavy atom. The van der Waals surface area contributed by atoms with Crippen molar-refractivity contribution in [3.8, 4) is 0 Å². The third-order valence-electron chi connectivity index (χ3n) is 5.84. The van der Waals surface area contributed by atoms with Crippen molar-refractivity contribution in [3.05, 3.63) is 24.6 Å². The summed E-state index contributed by atoms with van der Waals surface area (Å²) in [5.41, 5.74) is 6.09. The number of nitrogens with zero attached hydrogens (tertiary/aromatic N) is 2. The predicted molar refractivity (Wildman–Crippen MR) is 122 cm³/mol. The fraction of sp³-hybridized carbons (Fsp3) is 0.750. The number of nitrogens with two attached hydrogens (primary N) is 1. The van der Waals surface area contributed by atoms with Crippen molar-refractivity contribution in [2.24, 2.45) is 10.7 Å². The fourth-order valence-corrected chi connectivity index (χ4v) is 3.96. The fourth-order valence-electron chi connectivity index (χ4n) is 3.96. The molecule has 5 nitrogen and oxygen atoms in total. The molecule has 0 fully saturated rings. The highest BCUT2D eigenvalue weighted by atomic mass is 16.4. The van der Waals surface area contributed by atoms with Crippen LogP contribution in [0.25, 0.3) is 0 Å². The first-order valence-electron chi connectivity index (χ1n) is 11.8. The van der Waals surface area contributed by atoms with Crippen LogP contribution in [-0.2, 0) is 4.79 Å². The molecule has 0 radical (unpaired) electrons. The molecule has 0 amide bonds. The maximum atomic E-state index is 11.2. The molecule has 1 aliphatic rings. The minimum absolute atomic E-state index is 0.0462. The molecule has 0 saturated heterocycles. The van der Waals surface area contributed by atoms with Gasteiger partial charge in [0.05, 0.1) is 6.20 Å². The van der Waals surface area contributed by atoms with Gasteiger partial charge in [-0.25, -0.2) is 14.3 Å². The number of hydrogen-bond acceptors (Lipinski definition) is 3. The molecule has 166 valence electrons. The summed E-state index contributed by atoms with van der Waals surface area (Å²) in [6, 6.07) is 0. The molecule has 3 N–H and O–H groups in total. The van der Waals surface area contributed by atoms with E-state index in [0.29, 0.717) is 0 Å². The van der Waals surface area contributed by atoms with E-state index in [4.69, 9.17) is 5.73 Å². The lowest BCUT2D eigenvalue weighted by Gasteiger charge is -2.34. The number of allylic oxidation sites excluding steroid dienone is 2. The Balaban J connectivity index is 2.07. The van der Waals surface area contributed by atoms with Crippen LogP contribution in [0.3, 0.4) is 0 Å². The predicted octanol–water partition coefficient (Wildman–Crippen LogP) is 6.11. The molecule has 0 bridgehead atoms. The number of hydrogen-bond donors (Lipinski definition) is 2. The summed E-state index contributed by atoms with van der Waals surface area (Å²) in [5, 5.41) is 9.24. The van der Waals surface area contributed by atoms with Crippen molar-refractivity contribution in [1.29, 1.82) is 0 Å². The highest BCUT2D eigenvalue weighted by Gasteiger charge is 2.40. The summed E-state index contributed by atoms with van der Waals surface area (Å²) < 4.78 is 0.141. The summed E-state index contributed by atoms with van der Waals surface area (Å²) in [6.45, 7) is 4.07. The van der Waals surface area contributed by atoms with Crippen LogP contribution in [0.5, 0.6) is 0 Å². The Morgan fingerprint density at radius 1 is 1.03 bits per heavy atom. The van der Waals surface area contributed by atoms with Gasteiger partial charge >= 0.3 is 5.97 Å². The molecule has 1 aliphatic heterocycles. The summed E-state index contributed by atoms with van der Waals surface area (Å²) in [6.07, 6.45) is 25.5. The number of quaternary nitrogens is 1. The zero-order chi connectivity index (χ0) is 21.4. The standard InChI is InChI=1S/C24H43N3O2/c1-3-4-5-6-7-8-9-10-11-12-13-14-15-16-17-18-23-26-19-20-27(23,22(2)25)21-24(28)29/h15-16,19-20,22H,3-14,17-18,21,25H2,1-2H3/p+1/b16-15+. The third kappa shape index (κ3) is 10.2. The van der Waals surface area contributed by atoms with E-state index in [1.165, 1.54) is 70.6 Å². The van der Waals surface area contributed by atoms with Gasteiger partial charge in [-0.3, -0.25) is 5.73 Å². The molecular formula is C24H44N3O2+. The van der Waals surface area contributed by atoms with E-state index in [9.17, 15) is 9.90 Å². The van der Waals surface area contributed by atoms with Crippen LogP contribution in [0.2, 0.25) is 0 Å². The van der Waals surface area contributed by atoms with Gasteiger partial charge in [0.2, 0.25) is 5.84 Å². The molecule has 0 spiro atoms. The van der Waals surface area contributed by atoms with Crippen molar-refractivity contribution in [3.63, 3.8) is 0 Å². The van der Waals surface area contributed by atoms with Gasteiger partial charge in [0.1, 0.15) is 12.4 Å². The smallest absolute Gasteiger partial charge is 0.360 e. The van der Waals surface area contributed by atoms with Crippen LogP contribution < -0.4 is 5.73 Å². The van der Waals surface area contributed by atoms with E-state index < -0.39 is 5.97 Å². The van der Waals surface area contributed by atoms with Gasteiger partial charge < -0.3 is 5.11 Å². The van der Waals surface area contributed by atoms with Crippen LogP contribution >= 0.6 is 0 Å². The Labute approximate surface area is 178 Å². The van der Waals surface area contributed by atoms with Crippen molar-refractivity contribution in [1.82, 2.24) is 0 Å². The largest absolute Gasteiger partial charge is 0.477 e. The second-order valence-electron chi connectivity index (χ2n) is 8.40. The number of aliphatic imine (C=N–C) groups is 1. The molecule has 29 heavy (non-hydrogen) atoms. The van der Waals surface area contributed by atoms with Crippen LogP contribution in [-0.4, -0.2) is 34.1 Å². The first-order valence-corrected chi connectivity index (χ1v) is 11.8. The lowest BCUT2D eigenvalue weighted by Crippen LogP contribution is -2.59. The maximum absolute atomic E-state index is 11.2. The first-order chi connectivity index (χ1) is 14.0. The van der Waals surface area contributed by atoms with E-state index in [0.717, 1.165) is 25.1 Å². The number of carboxylic acid groups (broad SMARTS) is 1. The van der Waals surface area contributed by atoms with Crippen LogP contribution in [0, 0.1) is 0 Å². The van der Waals surface area contributed by atoms with Crippen LogP contribution in [0.4, 0.5) is 0 Å². The summed E-state index contributed by atoms with van der Waals surface area (Å²) in [7, 11) is 0. The second-order valence-corrected chi connectivity index (χ2v) is 8.40. The Bertz CT molecular complexity index is 540. The zero-order valence-electron chi connectivity index (χ0n) is 18.8. The lowest BCUT2D eigenvalue weighted by atomic mass is 10.1. The SMILES string of the molecule is CCCCCCCCCCCCC/C=C/CCC1=NC=C[N+]1(CC(=O)O)C(C)N. The summed E-state index contributed by atoms with van der Waals surface area (Å²) in [5.74, 6) is -0.00432. The average molecular weight is 407 g/mol. The van der Waals surface area contributed by atoms with Gasteiger partial charge in [0, 0.05) is 13.3 Å². The molecule has 0 aliphatic carbocycles. The van der Waals surface area contributed by atoms with E-state index in [2.05, 4.69) is 24.1 Å². The maximum Gasteiger partial charge on any atom is 0.360 e. The Hall–Kier alpha value is -1.46. The van der Waals surface area contributed by atoms with E-state index >= 15 is 0 Å².